The minimum atomic E-state index is -0.246. The average Bonchev–Trinajstić information content (AvgIpc) is 3.43. The molecular formula is C19H10ClN3O3S. The number of hydrogen-bond acceptors (Lipinski definition) is 6. The zero-order valence-corrected chi connectivity index (χ0v) is 15.2. The average molecular weight is 396 g/mol. The van der Waals surface area contributed by atoms with Crippen molar-refractivity contribution in [3.05, 3.63) is 80.5 Å². The van der Waals surface area contributed by atoms with Crippen LogP contribution in [0.4, 0.5) is 0 Å². The zero-order chi connectivity index (χ0) is 18.4. The SMILES string of the molecule is O=c1/c(=C/c2ccc(-c3ccc(Cl)cc3)o2)sc2nc(-c3ccco3)nn12. The highest BCUT2D eigenvalue weighted by Gasteiger charge is 2.14. The van der Waals surface area contributed by atoms with Crippen molar-refractivity contribution in [2.24, 2.45) is 0 Å². The van der Waals surface area contributed by atoms with Crippen molar-refractivity contribution >= 4 is 34.0 Å². The maximum atomic E-state index is 12.6. The number of hydrogen-bond donors (Lipinski definition) is 0. The molecule has 6 nitrogen and oxygen atoms in total. The summed E-state index contributed by atoms with van der Waals surface area (Å²) >= 11 is 7.16. The molecule has 0 aliphatic rings. The number of fused-ring (bicyclic) bond motifs is 1. The van der Waals surface area contributed by atoms with Crippen LogP contribution < -0.4 is 10.1 Å². The Morgan fingerprint density at radius 3 is 2.67 bits per heavy atom. The molecule has 0 fully saturated rings. The van der Waals surface area contributed by atoms with Crippen molar-refractivity contribution in [3.8, 4) is 22.9 Å². The van der Waals surface area contributed by atoms with Gasteiger partial charge in [0.15, 0.2) is 5.76 Å². The van der Waals surface area contributed by atoms with Crippen LogP contribution in [-0.2, 0) is 0 Å². The van der Waals surface area contributed by atoms with Gasteiger partial charge in [-0.2, -0.15) is 9.50 Å². The zero-order valence-electron chi connectivity index (χ0n) is 13.6. The van der Waals surface area contributed by atoms with E-state index in [-0.39, 0.29) is 5.56 Å². The molecule has 0 saturated carbocycles. The van der Waals surface area contributed by atoms with E-state index >= 15 is 0 Å². The van der Waals surface area contributed by atoms with Crippen LogP contribution in [0.5, 0.6) is 0 Å². The van der Waals surface area contributed by atoms with Gasteiger partial charge in [-0.05, 0) is 48.5 Å². The van der Waals surface area contributed by atoms with Crippen LogP contribution in [0.25, 0.3) is 33.9 Å². The van der Waals surface area contributed by atoms with E-state index in [9.17, 15) is 4.79 Å². The molecule has 5 aromatic rings. The summed E-state index contributed by atoms with van der Waals surface area (Å²) in [6.45, 7) is 0. The minimum Gasteiger partial charge on any atom is -0.461 e. The second kappa shape index (κ2) is 6.22. The van der Waals surface area contributed by atoms with E-state index in [0.717, 1.165) is 5.56 Å². The molecule has 0 atom stereocenters. The van der Waals surface area contributed by atoms with Crippen LogP contribution in [0.2, 0.25) is 5.02 Å². The predicted octanol–water partition coefficient (Wildman–Crippen LogP) is 3.87. The summed E-state index contributed by atoms with van der Waals surface area (Å²) in [6, 6.07) is 14.5. The summed E-state index contributed by atoms with van der Waals surface area (Å²) in [7, 11) is 0. The van der Waals surface area contributed by atoms with Crippen molar-refractivity contribution in [1.29, 1.82) is 0 Å². The molecule has 0 radical (unpaired) electrons. The number of halogens is 1. The van der Waals surface area contributed by atoms with Gasteiger partial charge >= 0.3 is 0 Å². The van der Waals surface area contributed by atoms with Crippen molar-refractivity contribution in [1.82, 2.24) is 14.6 Å². The monoisotopic (exact) mass is 395 g/mol. The van der Waals surface area contributed by atoms with Gasteiger partial charge in [0.2, 0.25) is 10.8 Å². The molecule has 8 heteroatoms. The third-order valence-corrected chi connectivity index (χ3v) is 5.16. The maximum Gasteiger partial charge on any atom is 0.291 e. The predicted molar refractivity (Wildman–Crippen MR) is 103 cm³/mol. The molecular weight excluding hydrogens is 386 g/mol. The Morgan fingerprint density at radius 1 is 1.07 bits per heavy atom. The molecule has 27 heavy (non-hydrogen) atoms. The van der Waals surface area contributed by atoms with Crippen LogP contribution in [0.3, 0.4) is 0 Å². The van der Waals surface area contributed by atoms with Crippen LogP contribution >= 0.6 is 22.9 Å². The van der Waals surface area contributed by atoms with Gasteiger partial charge in [-0.3, -0.25) is 4.79 Å². The van der Waals surface area contributed by atoms with Gasteiger partial charge in [-0.25, -0.2) is 0 Å². The third-order valence-electron chi connectivity index (χ3n) is 3.95. The topological polar surface area (TPSA) is 73.5 Å². The van der Waals surface area contributed by atoms with Crippen LogP contribution in [0, 0.1) is 0 Å². The molecule has 0 N–H and O–H groups in total. The maximum absolute atomic E-state index is 12.6. The van der Waals surface area contributed by atoms with Gasteiger partial charge in [-0.15, -0.1) is 5.10 Å². The molecule has 0 aliphatic heterocycles. The van der Waals surface area contributed by atoms with Gasteiger partial charge < -0.3 is 8.83 Å². The Kier molecular flexibility index (Phi) is 3.70. The number of rotatable bonds is 3. The highest BCUT2D eigenvalue weighted by Crippen LogP contribution is 2.24. The molecule has 0 spiro atoms. The van der Waals surface area contributed by atoms with Crippen molar-refractivity contribution in [2.45, 2.75) is 0 Å². The Labute approximate surface area is 160 Å². The molecule has 132 valence electrons. The minimum absolute atomic E-state index is 0.246. The lowest BCUT2D eigenvalue weighted by Crippen LogP contribution is -2.23. The highest BCUT2D eigenvalue weighted by molar-refractivity contribution is 7.15. The summed E-state index contributed by atoms with van der Waals surface area (Å²) < 4.78 is 12.9. The van der Waals surface area contributed by atoms with E-state index in [4.69, 9.17) is 20.4 Å². The lowest BCUT2D eigenvalue weighted by Gasteiger charge is -1.96. The molecule has 1 aromatic carbocycles. The molecule has 0 unspecified atom stereocenters. The first-order valence-electron chi connectivity index (χ1n) is 7.98. The summed E-state index contributed by atoms with van der Waals surface area (Å²) in [6.07, 6.45) is 3.23. The molecule has 0 amide bonds. The third kappa shape index (κ3) is 2.87. The summed E-state index contributed by atoms with van der Waals surface area (Å²) in [5, 5.41) is 4.89. The van der Waals surface area contributed by atoms with Gasteiger partial charge in [0.25, 0.3) is 5.56 Å². The quantitative estimate of drug-likeness (QED) is 0.463. The molecule has 0 saturated heterocycles. The van der Waals surface area contributed by atoms with Crippen LogP contribution in [0.15, 0.2) is 68.4 Å². The van der Waals surface area contributed by atoms with Gasteiger partial charge in [0.1, 0.15) is 16.1 Å². The lowest BCUT2D eigenvalue weighted by atomic mass is 10.2. The van der Waals surface area contributed by atoms with Crippen molar-refractivity contribution in [2.75, 3.05) is 0 Å². The van der Waals surface area contributed by atoms with Crippen molar-refractivity contribution in [3.63, 3.8) is 0 Å². The molecule has 0 aliphatic carbocycles. The second-order valence-electron chi connectivity index (χ2n) is 5.73. The fraction of sp³-hybridized carbons (Fsp3) is 0. The largest absolute Gasteiger partial charge is 0.461 e. The highest BCUT2D eigenvalue weighted by atomic mass is 35.5. The number of thiazole rings is 1. The van der Waals surface area contributed by atoms with Crippen LogP contribution in [-0.4, -0.2) is 14.6 Å². The van der Waals surface area contributed by atoms with E-state index < -0.39 is 0 Å². The summed E-state index contributed by atoms with van der Waals surface area (Å²) in [5.74, 6) is 2.19. The van der Waals surface area contributed by atoms with E-state index in [2.05, 4.69) is 10.1 Å². The number of nitrogens with zero attached hydrogens (tertiary/aromatic N) is 3. The van der Waals surface area contributed by atoms with Gasteiger partial charge in [-0.1, -0.05) is 22.9 Å². The Hall–Kier alpha value is -3.16. The smallest absolute Gasteiger partial charge is 0.291 e. The number of benzene rings is 1. The Bertz CT molecular complexity index is 1350. The van der Waals surface area contributed by atoms with Crippen LogP contribution in [0.1, 0.15) is 5.76 Å². The molecule has 0 bridgehead atoms. The molecule has 5 rings (SSSR count). The number of aromatic nitrogens is 3. The number of furan rings is 2. The Morgan fingerprint density at radius 2 is 1.93 bits per heavy atom. The van der Waals surface area contributed by atoms with E-state index in [1.807, 2.05) is 24.3 Å². The fourth-order valence-electron chi connectivity index (χ4n) is 2.67. The fourth-order valence-corrected chi connectivity index (χ4v) is 3.69. The summed E-state index contributed by atoms with van der Waals surface area (Å²) in [5.41, 5.74) is 0.664. The first kappa shape index (κ1) is 16.0. The van der Waals surface area contributed by atoms with E-state index in [1.165, 1.54) is 22.1 Å². The van der Waals surface area contributed by atoms with Crippen molar-refractivity contribution < 1.29 is 8.83 Å². The lowest BCUT2D eigenvalue weighted by molar-refractivity contribution is 0.571. The second-order valence-corrected chi connectivity index (χ2v) is 7.18. The normalized spacial score (nSPS) is 12.3. The molecule has 4 heterocycles. The standard InChI is InChI=1S/C19H10ClN3O3S/c20-12-5-3-11(4-6-12)14-8-7-13(26-14)10-16-18(24)23-19(27-16)21-17(22-23)15-2-1-9-25-15/h1-10H/b16-10-. The van der Waals surface area contributed by atoms with E-state index in [0.29, 0.717) is 37.6 Å². The van der Waals surface area contributed by atoms with E-state index in [1.54, 1.807) is 30.3 Å². The van der Waals surface area contributed by atoms with Gasteiger partial charge in [0.05, 0.1) is 6.26 Å². The first-order chi connectivity index (χ1) is 13.2. The Balaban J connectivity index is 1.53. The van der Waals surface area contributed by atoms with Gasteiger partial charge in [0, 0.05) is 16.7 Å². The molecule has 4 aromatic heterocycles. The first-order valence-corrected chi connectivity index (χ1v) is 9.18. The summed E-state index contributed by atoms with van der Waals surface area (Å²) in [4.78, 5) is 17.4.